The minimum absolute atomic E-state index is 0.274. The molecule has 2 aromatic heterocycles. The van der Waals surface area contributed by atoms with Crippen LogP contribution in [0.3, 0.4) is 0 Å². The summed E-state index contributed by atoms with van der Waals surface area (Å²) in [7, 11) is 7.81. The van der Waals surface area contributed by atoms with Gasteiger partial charge in [-0.2, -0.15) is 4.98 Å². The van der Waals surface area contributed by atoms with Crippen LogP contribution < -0.4 is 34.3 Å². The highest BCUT2D eigenvalue weighted by molar-refractivity contribution is 7.17. The van der Waals surface area contributed by atoms with E-state index < -0.39 is 5.97 Å². The van der Waals surface area contributed by atoms with E-state index in [1.807, 2.05) is 18.2 Å². The maximum absolute atomic E-state index is 12.3. The number of methoxy groups -OCH3 is 5. The van der Waals surface area contributed by atoms with Crippen molar-refractivity contribution in [3.63, 3.8) is 0 Å². The van der Waals surface area contributed by atoms with Crippen molar-refractivity contribution >= 4 is 45.1 Å². The molecule has 0 saturated heterocycles. The lowest BCUT2D eigenvalue weighted by atomic mass is 10.1. The number of hydrogen-bond acceptors (Lipinski definition) is 13. The quantitative estimate of drug-likeness (QED) is 0.223. The summed E-state index contributed by atoms with van der Waals surface area (Å²) in [4.78, 5) is 26.5. The average Bonchev–Trinajstić information content (AvgIpc) is 3.33. The molecule has 0 aliphatic carbocycles. The third-order valence-electron chi connectivity index (χ3n) is 5.86. The summed E-state index contributed by atoms with van der Waals surface area (Å²) >= 11 is 1.17. The number of thiazole rings is 1. The van der Waals surface area contributed by atoms with Gasteiger partial charge in [-0.25, -0.2) is 14.8 Å². The Hall–Kier alpha value is -4.52. The summed E-state index contributed by atoms with van der Waals surface area (Å²) in [5, 5.41) is 7.66. The molecular formula is C27H31N5O7S. The molecule has 2 aromatic carbocycles. The maximum Gasteiger partial charge on any atom is 0.350 e. The molecule has 2 N–H and O–H groups in total. The molecule has 12 nitrogen and oxygen atoms in total. The Morgan fingerprint density at radius 2 is 1.50 bits per heavy atom. The molecule has 0 aliphatic heterocycles. The number of rotatable bonds is 12. The van der Waals surface area contributed by atoms with E-state index in [-0.39, 0.29) is 12.6 Å². The molecule has 4 aromatic rings. The summed E-state index contributed by atoms with van der Waals surface area (Å²) in [5.41, 5.74) is 2.02. The lowest BCUT2D eigenvalue weighted by molar-refractivity contribution is 0.0531. The number of aromatic nitrogens is 3. The van der Waals surface area contributed by atoms with Gasteiger partial charge in [0.2, 0.25) is 11.7 Å². The van der Waals surface area contributed by atoms with Crippen LogP contribution in [0.1, 0.15) is 27.9 Å². The predicted molar refractivity (Wildman–Crippen MR) is 152 cm³/mol. The number of nitrogens with one attached hydrogen (secondary N) is 2. The van der Waals surface area contributed by atoms with Crippen LogP contribution in [-0.2, 0) is 11.3 Å². The second-order valence-corrected chi connectivity index (χ2v) is 9.29. The van der Waals surface area contributed by atoms with Gasteiger partial charge in [-0.1, -0.05) is 11.3 Å². The molecule has 0 unspecified atom stereocenters. The van der Waals surface area contributed by atoms with Gasteiger partial charge < -0.3 is 33.7 Å². The van der Waals surface area contributed by atoms with Crippen molar-refractivity contribution < 1.29 is 33.2 Å². The lowest BCUT2D eigenvalue weighted by Crippen LogP contribution is -2.07. The van der Waals surface area contributed by atoms with Crippen LogP contribution in [0.5, 0.6) is 28.7 Å². The fourth-order valence-electron chi connectivity index (χ4n) is 4.00. The molecule has 0 radical (unpaired) electrons. The largest absolute Gasteiger partial charge is 0.493 e. The van der Waals surface area contributed by atoms with Gasteiger partial charge >= 0.3 is 5.97 Å². The van der Waals surface area contributed by atoms with Crippen LogP contribution in [0, 0.1) is 6.92 Å². The molecule has 0 atom stereocenters. The molecule has 2 heterocycles. The smallest absolute Gasteiger partial charge is 0.350 e. The number of ether oxygens (including phenoxy) is 6. The van der Waals surface area contributed by atoms with E-state index in [0.29, 0.717) is 67.7 Å². The van der Waals surface area contributed by atoms with E-state index in [4.69, 9.17) is 33.4 Å². The third-order valence-corrected chi connectivity index (χ3v) is 6.91. The summed E-state index contributed by atoms with van der Waals surface area (Å²) < 4.78 is 32.5. The van der Waals surface area contributed by atoms with Gasteiger partial charge in [0, 0.05) is 18.0 Å². The van der Waals surface area contributed by atoms with E-state index in [2.05, 4.69) is 20.6 Å². The number of fused-ring (bicyclic) bond motifs is 1. The van der Waals surface area contributed by atoms with Gasteiger partial charge in [0.1, 0.15) is 10.7 Å². The molecule has 40 heavy (non-hydrogen) atoms. The molecule has 0 saturated carbocycles. The zero-order chi connectivity index (χ0) is 28.8. The highest BCUT2D eigenvalue weighted by Crippen LogP contribution is 2.39. The highest BCUT2D eigenvalue weighted by atomic mass is 32.1. The lowest BCUT2D eigenvalue weighted by Gasteiger charge is -2.16. The Kier molecular flexibility index (Phi) is 8.94. The van der Waals surface area contributed by atoms with Gasteiger partial charge in [-0.15, -0.1) is 0 Å². The number of anilines is 3. The number of esters is 1. The Balaban J connectivity index is 1.73. The third kappa shape index (κ3) is 5.88. The topological polar surface area (TPSA) is 135 Å². The second kappa shape index (κ2) is 12.6. The number of aryl methyl sites for hydroxylation is 1. The van der Waals surface area contributed by atoms with Crippen LogP contribution in [-0.4, -0.2) is 63.1 Å². The molecule has 4 rings (SSSR count). The van der Waals surface area contributed by atoms with Crippen LogP contribution in [0.15, 0.2) is 24.3 Å². The molecule has 0 amide bonds. The standard InChI is InChI=1S/C27H31N5O7S/c1-8-39-25(33)23-14(2)29-27(40-23)32-26-30-17-12-19(35-4)18(34-3)11-16(17)24(31-26)28-13-15-9-20(36-5)22(38-7)21(10-15)37-6/h9-12H,8,13H2,1-7H3,(H2,28,29,30,31,32). The predicted octanol–water partition coefficient (Wildman–Crippen LogP) is 4.97. The minimum Gasteiger partial charge on any atom is -0.493 e. The van der Waals surface area contributed by atoms with E-state index >= 15 is 0 Å². The average molecular weight is 570 g/mol. The zero-order valence-corrected chi connectivity index (χ0v) is 24.1. The Bertz CT molecular complexity index is 1500. The van der Waals surface area contributed by atoms with Crippen LogP contribution in [0.4, 0.5) is 16.9 Å². The first-order chi connectivity index (χ1) is 19.3. The van der Waals surface area contributed by atoms with E-state index in [1.165, 1.54) is 11.3 Å². The molecule has 0 bridgehead atoms. The van der Waals surface area contributed by atoms with Crippen LogP contribution >= 0.6 is 11.3 Å². The van der Waals surface area contributed by atoms with Crippen molar-refractivity contribution in [2.45, 2.75) is 20.4 Å². The number of carbonyl (C=O) groups excluding carboxylic acids is 1. The Morgan fingerprint density at radius 3 is 2.10 bits per heavy atom. The van der Waals surface area contributed by atoms with Crippen LogP contribution in [0.25, 0.3) is 10.9 Å². The van der Waals surface area contributed by atoms with E-state index in [0.717, 1.165) is 5.56 Å². The number of carbonyl (C=O) groups is 1. The monoisotopic (exact) mass is 569 g/mol. The summed E-state index contributed by atoms with van der Waals surface area (Å²) in [5.74, 6) is 3.01. The summed E-state index contributed by atoms with van der Waals surface area (Å²) in [6.45, 7) is 4.15. The highest BCUT2D eigenvalue weighted by Gasteiger charge is 2.19. The molecular weight excluding hydrogens is 538 g/mol. The minimum atomic E-state index is -0.422. The number of benzene rings is 2. The van der Waals surface area contributed by atoms with Crippen molar-refractivity contribution in [1.29, 1.82) is 0 Å². The van der Waals surface area contributed by atoms with Crippen molar-refractivity contribution in [3.8, 4) is 28.7 Å². The van der Waals surface area contributed by atoms with Crippen LogP contribution in [0.2, 0.25) is 0 Å². The zero-order valence-electron chi connectivity index (χ0n) is 23.3. The van der Waals surface area contributed by atoms with Gasteiger partial charge in [0.05, 0.1) is 53.4 Å². The molecule has 0 fully saturated rings. The van der Waals surface area contributed by atoms with Crippen molar-refractivity contribution in [2.24, 2.45) is 0 Å². The summed E-state index contributed by atoms with van der Waals surface area (Å²) in [6.07, 6.45) is 0. The van der Waals surface area contributed by atoms with Gasteiger partial charge in [0.15, 0.2) is 28.1 Å². The molecule has 0 spiro atoms. The Labute approximate surface area is 235 Å². The fourth-order valence-corrected chi connectivity index (χ4v) is 4.85. The first-order valence-electron chi connectivity index (χ1n) is 12.2. The van der Waals surface area contributed by atoms with Crippen molar-refractivity contribution in [1.82, 2.24) is 15.0 Å². The first kappa shape index (κ1) is 28.5. The second-order valence-electron chi connectivity index (χ2n) is 8.29. The Morgan fingerprint density at radius 1 is 0.850 bits per heavy atom. The van der Waals surface area contributed by atoms with Crippen molar-refractivity contribution in [2.75, 3.05) is 52.8 Å². The summed E-state index contributed by atoms with van der Waals surface area (Å²) in [6, 6.07) is 7.29. The molecule has 212 valence electrons. The normalized spacial score (nSPS) is 10.7. The number of nitrogens with zero attached hydrogens (tertiary/aromatic N) is 3. The SMILES string of the molecule is CCOC(=O)c1sc(Nc2nc(NCc3cc(OC)c(OC)c(OC)c3)c3cc(OC)c(OC)cc3n2)nc1C. The maximum atomic E-state index is 12.3. The number of hydrogen-bond donors (Lipinski definition) is 2. The van der Waals surface area contributed by atoms with E-state index in [1.54, 1.807) is 55.5 Å². The fraction of sp³-hybridized carbons (Fsp3) is 0.333. The molecule has 0 aliphatic rings. The van der Waals surface area contributed by atoms with Crippen molar-refractivity contribution in [3.05, 3.63) is 40.4 Å². The van der Waals surface area contributed by atoms with Gasteiger partial charge in [-0.05, 0) is 37.6 Å². The first-order valence-corrected chi connectivity index (χ1v) is 13.0. The van der Waals surface area contributed by atoms with Gasteiger partial charge in [0.25, 0.3) is 0 Å². The van der Waals surface area contributed by atoms with Gasteiger partial charge in [-0.3, -0.25) is 5.32 Å². The molecule has 13 heteroatoms. The van der Waals surface area contributed by atoms with E-state index in [9.17, 15) is 4.79 Å².